The molecule has 0 atom stereocenters. The second kappa shape index (κ2) is 9.09. The van der Waals surface area contributed by atoms with Crippen molar-refractivity contribution in [2.24, 2.45) is 0 Å². The topological polar surface area (TPSA) is 121 Å². The summed E-state index contributed by atoms with van der Waals surface area (Å²) < 4.78 is 11.8. The van der Waals surface area contributed by atoms with Gasteiger partial charge in [0.15, 0.2) is 11.5 Å². The predicted octanol–water partition coefficient (Wildman–Crippen LogP) is 4.48. The second-order valence-corrected chi connectivity index (χ2v) is 7.74. The number of carbonyl (C=O) groups excluding carboxylic acids is 1. The van der Waals surface area contributed by atoms with Gasteiger partial charge in [-0.1, -0.05) is 30.3 Å². The molecule has 2 heterocycles. The normalized spacial score (nSPS) is 10.6. The van der Waals surface area contributed by atoms with Gasteiger partial charge in [0.05, 0.1) is 36.6 Å². The molecule has 0 saturated heterocycles. The van der Waals surface area contributed by atoms with Gasteiger partial charge in [-0.05, 0) is 6.92 Å². The molecule has 4 rings (SSSR count). The van der Waals surface area contributed by atoms with E-state index in [1.54, 1.807) is 13.0 Å². The lowest BCUT2D eigenvalue weighted by Gasteiger charge is -2.11. The number of amides is 1. The number of aromatic nitrogens is 3. The Morgan fingerprint density at radius 3 is 2.48 bits per heavy atom. The van der Waals surface area contributed by atoms with Crippen molar-refractivity contribution in [1.82, 2.24) is 14.8 Å². The van der Waals surface area contributed by atoms with E-state index >= 15 is 0 Å². The Hall–Kier alpha value is -4.25. The average molecular weight is 465 g/mol. The van der Waals surface area contributed by atoms with Crippen LogP contribution in [0.15, 0.2) is 53.9 Å². The number of hydrogen-bond acceptors (Lipinski definition) is 8. The number of nitro groups is 1. The summed E-state index contributed by atoms with van der Waals surface area (Å²) in [7, 11) is 2.75. The number of hydrogen-bond donors (Lipinski definition) is 1. The van der Waals surface area contributed by atoms with E-state index in [0.717, 1.165) is 17.3 Å². The van der Waals surface area contributed by atoms with Crippen LogP contribution in [0, 0.1) is 17.0 Å². The maximum Gasteiger partial charge on any atom is 0.286 e. The minimum atomic E-state index is -0.691. The molecule has 0 saturated carbocycles. The monoisotopic (exact) mass is 465 g/mol. The number of nitrogens with zero attached hydrogens (tertiary/aromatic N) is 4. The molecular formula is C22H19N5O5S. The number of aryl methyl sites for hydroxylation is 1. The zero-order chi connectivity index (χ0) is 23.5. The van der Waals surface area contributed by atoms with Crippen molar-refractivity contribution in [1.29, 1.82) is 0 Å². The number of nitro benzene ring substituents is 1. The molecule has 0 bridgehead atoms. The van der Waals surface area contributed by atoms with Crippen LogP contribution in [0.25, 0.3) is 16.4 Å². The molecule has 0 aliphatic rings. The molecule has 2 aromatic heterocycles. The van der Waals surface area contributed by atoms with Crippen LogP contribution in [-0.2, 0) is 0 Å². The van der Waals surface area contributed by atoms with Crippen molar-refractivity contribution < 1.29 is 19.2 Å². The van der Waals surface area contributed by atoms with E-state index in [1.807, 2.05) is 35.7 Å². The number of thiazole rings is 1. The van der Waals surface area contributed by atoms with E-state index in [1.165, 1.54) is 36.3 Å². The molecule has 2 aromatic carbocycles. The molecule has 11 heteroatoms. The first-order valence-corrected chi connectivity index (χ1v) is 10.6. The summed E-state index contributed by atoms with van der Waals surface area (Å²) in [6.07, 6.45) is 0. The summed E-state index contributed by atoms with van der Waals surface area (Å²) in [6.45, 7) is 1.77. The Morgan fingerprint density at radius 1 is 1.12 bits per heavy atom. The lowest BCUT2D eigenvalue weighted by atomic mass is 10.1. The molecule has 33 heavy (non-hydrogen) atoms. The van der Waals surface area contributed by atoms with Crippen molar-refractivity contribution >= 4 is 28.7 Å². The number of anilines is 1. The van der Waals surface area contributed by atoms with Gasteiger partial charge in [-0.25, -0.2) is 4.98 Å². The highest BCUT2D eigenvalue weighted by molar-refractivity contribution is 7.12. The van der Waals surface area contributed by atoms with Crippen LogP contribution in [0.4, 0.5) is 11.5 Å². The third-order valence-corrected chi connectivity index (χ3v) is 5.58. The van der Waals surface area contributed by atoms with E-state index in [0.29, 0.717) is 16.6 Å². The maximum absolute atomic E-state index is 13.1. The molecular weight excluding hydrogens is 446 g/mol. The van der Waals surface area contributed by atoms with Gasteiger partial charge in [-0.15, -0.1) is 11.3 Å². The fraction of sp³-hybridized carbons (Fsp3) is 0.136. The number of nitrogens with one attached hydrogen (secondary N) is 1. The van der Waals surface area contributed by atoms with Crippen molar-refractivity contribution in [3.05, 3.63) is 75.3 Å². The standard InChI is InChI=1S/C22H19N5O5S/c1-13-9-20(26(25-13)22-23-16(12-33-22)14-7-5-4-6-8-14)24-21(28)15-10-18(31-2)19(32-3)11-17(15)27(29)30/h4-12H,1-3H3,(H,24,28). The first-order valence-electron chi connectivity index (χ1n) is 9.71. The number of carbonyl (C=O) groups is 1. The number of ether oxygens (including phenoxy) is 2. The van der Waals surface area contributed by atoms with Crippen LogP contribution in [0.3, 0.4) is 0 Å². The summed E-state index contributed by atoms with van der Waals surface area (Å²) in [5.41, 5.74) is 1.79. The highest BCUT2D eigenvalue weighted by Gasteiger charge is 2.26. The van der Waals surface area contributed by atoms with Crippen molar-refractivity contribution in [3.63, 3.8) is 0 Å². The Balaban J connectivity index is 1.69. The van der Waals surface area contributed by atoms with Crippen LogP contribution in [0.5, 0.6) is 11.5 Å². The molecule has 168 valence electrons. The number of benzene rings is 2. The van der Waals surface area contributed by atoms with Gasteiger partial charge in [0, 0.05) is 23.1 Å². The first kappa shape index (κ1) is 22.0. The summed E-state index contributed by atoms with van der Waals surface area (Å²) in [4.78, 5) is 28.6. The van der Waals surface area contributed by atoms with Crippen LogP contribution < -0.4 is 14.8 Å². The second-order valence-electron chi connectivity index (χ2n) is 6.90. The first-order chi connectivity index (χ1) is 15.9. The van der Waals surface area contributed by atoms with Gasteiger partial charge in [0.25, 0.3) is 11.6 Å². The maximum atomic E-state index is 13.1. The van der Waals surface area contributed by atoms with E-state index in [-0.39, 0.29) is 17.1 Å². The molecule has 10 nitrogen and oxygen atoms in total. The number of methoxy groups -OCH3 is 2. The highest BCUT2D eigenvalue weighted by atomic mass is 32.1. The lowest BCUT2D eigenvalue weighted by Crippen LogP contribution is -2.17. The van der Waals surface area contributed by atoms with Gasteiger partial charge >= 0.3 is 0 Å². The summed E-state index contributed by atoms with van der Waals surface area (Å²) in [5, 5.41) is 21.1. The quantitative estimate of drug-likeness (QED) is 0.315. The van der Waals surface area contributed by atoms with Gasteiger partial charge in [-0.3, -0.25) is 14.9 Å². The molecule has 0 fully saturated rings. The Morgan fingerprint density at radius 2 is 1.82 bits per heavy atom. The van der Waals surface area contributed by atoms with Gasteiger partial charge in [0.2, 0.25) is 5.13 Å². The fourth-order valence-electron chi connectivity index (χ4n) is 3.22. The van der Waals surface area contributed by atoms with Crippen molar-refractivity contribution in [3.8, 4) is 27.9 Å². The molecule has 0 radical (unpaired) electrons. The third-order valence-electron chi connectivity index (χ3n) is 4.76. The van der Waals surface area contributed by atoms with E-state index < -0.39 is 16.5 Å². The highest BCUT2D eigenvalue weighted by Crippen LogP contribution is 2.35. The van der Waals surface area contributed by atoms with Crippen LogP contribution in [0.1, 0.15) is 16.1 Å². The van der Waals surface area contributed by atoms with Crippen molar-refractivity contribution in [2.45, 2.75) is 6.92 Å². The molecule has 0 aliphatic carbocycles. The Labute approximate surface area is 192 Å². The fourth-order valence-corrected chi connectivity index (χ4v) is 4.02. The third kappa shape index (κ3) is 4.39. The molecule has 0 unspecified atom stereocenters. The predicted molar refractivity (Wildman–Crippen MR) is 124 cm³/mol. The molecule has 1 amide bonds. The van der Waals surface area contributed by atoms with Gasteiger partial charge < -0.3 is 14.8 Å². The van der Waals surface area contributed by atoms with E-state index in [9.17, 15) is 14.9 Å². The lowest BCUT2D eigenvalue weighted by molar-refractivity contribution is -0.385. The van der Waals surface area contributed by atoms with Gasteiger partial charge in [-0.2, -0.15) is 9.78 Å². The van der Waals surface area contributed by atoms with Crippen molar-refractivity contribution in [2.75, 3.05) is 19.5 Å². The SMILES string of the molecule is COc1cc(C(=O)Nc2cc(C)nn2-c2nc(-c3ccccc3)cs2)c([N+](=O)[O-])cc1OC. The smallest absolute Gasteiger partial charge is 0.286 e. The summed E-state index contributed by atoms with van der Waals surface area (Å²) in [6, 6.07) is 13.8. The minimum absolute atomic E-state index is 0.151. The summed E-state index contributed by atoms with van der Waals surface area (Å²) in [5.74, 6) is -0.0117. The van der Waals surface area contributed by atoms with Crippen LogP contribution in [-0.4, -0.2) is 39.8 Å². The zero-order valence-corrected chi connectivity index (χ0v) is 18.8. The summed E-state index contributed by atoms with van der Waals surface area (Å²) >= 11 is 1.36. The van der Waals surface area contributed by atoms with Crippen LogP contribution >= 0.6 is 11.3 Å². The Kier molecular flexibility index (Phi) is 6.05. The van der Waals surface area contributed by atoms with E-state index in [2.05, 4.69) is 15.4 Å². The van der Waals surface area contributed by atoms with E-state index in [4.69, 9.17) is 9.47 Å². The largest absolute Gasteiger partial charge is 0.493 e. The molecule has 1 N–H and O–H groups in total. The minimum Gasteiger partial charge on any atom is -0.493 e. The zero-order valence-electron chi connectivity index (χ0n) is 17.9. The molecule has 0 spiro atoms. The Bertz CT molecular complexity index is 1330. The molecule has 4 aromatic rings. The molecule has 0 aliphatic heterocycles. The van der Waals surface area contributed by atoms with Crippen LogP contribution in [0.2, 0.25) is 0 Å². The number of rotatable bonds is 7. The average Bonchev–Trinajstić information content (AvgIpc) is 3.45. The van der Waals surface area contributed by atoms with Gasteiger partial charge in [0.1, 0.15) is 11.4 Å².